The number of pyridine rings is 1. The number of tetrazole rings is 1. The van der Waals surface area contributed by atoms with Crippen molar-refractivity contribution in [2.45, 2.75) is 45.4 Å². The number of benzene rings is 2. The zero-order valence-electron chi connectivity index (χ0n) is 22.8. The number of aryl methyl sites for hydroxylation is 2. The lowest BCUT2D eigenvalue weighted by Gasteiger charge is -2.39. The molecule has 0 aliphatic carbocycles. The number of methoxy groups -OCH3 is 1. The molecule has 4 heterocycles. The van der Waals surface area contributed by atoms with Crippen molar-refractivity contribution in [3.8, 4) is 5.75 Å². The standard InChI is InChI=1S/C29H35N7O3/c1-19-15-21-17-25(29(37)30-26(21)16-20(19)2)27(28-31-32-33-36(28)18-24-5-4-14-39-24)35-12-10-34(11-13-35)22-6-8-23(38-3)9-7-22/h6-9,15-17,24,27H,4-5,10-14,18H2,1-3H3,(H,30,37)/t24-,27-/m0/s1. The summed E-state index contributed by atoms with van der Waals surface area (Å²) in [6.45, 7) is 8.65. The Balaban J connectivity index is 1.35. The maximum Gasteiger partial charge on any atom is 0.253 e. The molecule has 0 spiro atoms. The Morgan fingerprint density at radius 3 is 2.56 bits per heavy atom. The van der Waals surface area contributed by atoms with Gasteiger partial charge < -0.3 is 19.4 Å². The molecule has 2 saturated heterocycles. The van der Waals surface area contributed by atoms with Crippen LogP contribution in [0.4, 0.5) is 5.69 Å². The SMILES string of the molecule is COc1ccc(N2CCN([C@@H](c3cc4cc(C)c(C)cc4[nH]c3=O)c3nnnn3C[C@@H]3CCCO3)CC2)cc1. The highest BCUT2D eigenvalue weighted by atomic mass is 16.5. The van der Waals surface area contributed by atoms with Crippen molar-refractivity contribution in [3.63, 3.8) is 0 Å². The molecule has 2 aliphatic heterocycles. The fourth-order valence-electron chi connectivity index (χ4n) is 5.75. The maximum atomic E-state index is 13.6. The van der Waals surface area contributed by atoms with Crippen molar-refractivity contribution in [2.75, 3.05) is 44.8 Å². The van der Waals surface area contributed by atoms with Gasteiger partial charge in [0.15, 0.2) is 5.82 Å². The fourth-order valence-corrected chi connectivity index (χ4v) is 5.75. The number of anilines is 1. The second kappa shape index (κ2) is 10.8. The van der Waals surface area contributed by atoms with Gasteiger partial charge in [0.05, 0.1) is 19.8 Å². The summed E-state index contributed by atoms with van der Waals surface area (Å²) in [6, 6.07) is 14.0. The van der Waals surface area contributed by atoms with Crippen LogP contribution in [-0.4, -0.2) is 76.1 Å². The highest BCUT2D eigenvalue weighted by Crippen LogP contribution is 2.30. The number of rotatable bonds is 7. The van der Waals surface area contributed by atoms with Gasteiger partial charge in [0, 0.05) is 49.6 Å². The molecule has 0 saturated carbocycles. The van der Waals surface area contributed by atoms with Gasteiger partial charge in [0.2, 0.25) is 0 Å². The Hall–Kier alpha value is -3.76. The van der Waals surface area contributed by atoms with Gasteiger partial charge in [0.1, 0.15) is 11.8 Å². The highest BCUT2D eigenvalue weighted by molar-refractivity contribution is 5.81. The van der Waals surface area contributed by atoms with Crippen LogP contribution in [0.3, 0.4) is 0 Å². The van der Waals surface area contributed by atoms with Crippen LogP contribution >= 0.6 is 0 Å². The largest absolute Gasteiger partial charge is 0.497 e. The number of ether oxygens (including phenoxy) is 2. The predicted octanol–water partition coefficient (Wildman–Crippen LogP) is 3.23. The summed E-state index contributed by atoms with van der Waals surface area (Å²) in [5.74, 6) is 1.52. The Bertz CT molecular complexity index is 1500. The predicted molar refractivity (Wildman–Crippen MR) is 149 cm³/mol. The van der Waals surface area contributed by atoms with Crippen LogP contribution in [0.1, 0.15) is 41.4 Å². The number of hydrogen-bond donors (Lipinski definition) is 1. The first-order valence-electron chi connectivity index (χ1n) is 13.6. The second-order valence-electron chi connectivity index (χ2n) is 10.6. The van der Waals surface area contributed by atoms with Crippen LogP contribution in [0.15, 0.2) is 47.3 Å². The average Bonchev–Trinajstić information content (AvgIpc) is 3.64. The van der Waals surface area contributed by atoms with Crippen molar-refractivity contribution in [1.82, 2.24) is 30.1 Å². The van der Waals surface area contributed by atoms with Gasteiger partial charge in [-0.1, -0.05) is 0 Å². The molecule has 0 amide bonds. The molecular formula is C29H35N7O3. The molecule has 2 aromatic carbocycles. The molecule has 2 aromatic heterocycles. The van der Waals surface area contributed by atoms with Crippen molar-refractivity contribution >= 4 is 16.6 Å². The van der Waals surface area contributed by atoms with Crippen LogP contribution in [0, 0.1) is 13.8 Å². The number of fused-ring (bicyclic) bond motifs is 1. The first kappa shape index (κ1) is 25.5. The van der Waals surface area contributed by atoms with Gasteiger partial charge in [-0.2, -0.15) is 0 Å². The number of hydrogen-bond acceptors (Lipinski definition) is 8. The minimum Gasteiger partial charge on any atom is -0.497 e. The van der Waals surface area contributed by atoms with E-state index >= 15 is 0 Å². The summed E-state index contributed by atoms with van der Waals surface area (Å²) in [5.41, 5.74) is 4.89. The highest BCUT2D eigenvalue weighted by Gasteiger charge is 2.33. The molecular weight excluding hydrogens is 494 g/mol. The first-order valence-corrected chi connectivity index (χ1v) is 13.6. The van der Waals surface area contributed by atoms with Crippen LogP contribution in [0.2, 0.25) is 0 Å². The third kappa shape index (κ3) is 5.14. The number of aromatic amines is 1. The van der Waals surface area contributed by atoms with Crippen LogP contribution < -0.4 is 15.2 Å². The Morgan fingerprint density at radius 1 is 1.08 bits per heavy atom. The van der Waals surface area contributed by atoms with Crippen LogP contribution in [-0.2, 0) is 11.3 Å². The minimum absolute atomic E-state index is 0.0836. The molecule has 204 valence electrons. The third-order valence-electron chi connectivity index (χ3n) is 8.10. The van der Waals surface area contributed by atoms with Crippen molar-refractivity contribution < 1.29 is 9.47 Å². The van der Waals surface area contributed by atoms with E-state index in [9.17, 15) is 4.79 Å². The number of piperazine rings is 1. The lowest BCUT2D eigenvalue weighted by Crippen LogP contribution is -2.49. The summed E-state index contributed by atoms with van der Waals surface area (Å²) in [5, 5.41) is 13.9. The topological polar surface area (TPSA) is 101 Å². The van der Waals surface area contributed by atoms with E-state index in [0.29, 0.717) is 17.9 Å². The second-order valence-corrected chi connectivity index (χ2v) is 10.6. The van der Waals surface area contributed by atoms with Gasteiger partial charge in [-0.15, -0.1) is 5.10 Å². The molecule has 1 N–H and O–H groups in total. The first-order chi connectivity index (χ1) is 19.0. The minimum atomic E-state index is -0.380. The fraction of sp³-hybridized carbons (Fsp3) is 0.448. The molecule has 39 heavy (non-hydrogen) atoms. The number of H-pyrrole nitrogens is 1. The maximum absolute atomic E-state index is 13.6. The van der Waals surface area contributed by atoms with Gasteiger partial charge in [-0.05, 0) is 96.1 Å². The molecule has 10 heteroatoms. The molecule has 10 nitrogen and oxygen atoms in total. The zero-order chi connectivity index (χ0) is 26.9. The van der Waals surface area contributed by atoms with Crippen LogP contribution in [0.5, 0.6) is 5.75 Å². The quantitative estimate of drug-likeness (QED) is 0.390. The molecule has 2 atom stereocenters. The normalized spacial score (nSPS) is 19.1. The number of aromatic nitrogens is 5. The zero-order valence-corrected chi connectivity index (χ0v) is 22.8. The summed E-state index contributed by atoms with van der Waals surface area (Å²) in [6.07, 6.45) is 2.11. The average molecular weight is 530 g/mol. The van der Waals surface area contributed by atoms with E-state index in [4.69, 9.17) is 9.47 Å². The van der Waals surface area contributed by atoms with E-state index in [0.717, 1.165) is 73.5 Å². The molecule has 0 bridgehead atoms. The lowest BCUT2D eigenvalue weighted by atomic mass is 10.00. The Kier molecular flexibility index (Phi) is 7.05. The smallest absolute Gasteiger partial charge is 0.253 e. The van der Waals surface area contributed by atoms with E-state index in [1.807, 2.05) is 28.9 Å². The van der Waals surface area contributed by atoms with E-state index < -0.39 is 0 Å². The molecule has 0 radical (unpaired) electrons. The molecule has 4 aromatic rings. The molecule has 6 rings (SSSR count). The van der Waals surface area contributed by atoms with Gasteiger partial charge in [-0.3, -0.25) is 9.69 Å². The van der Waals surface area contributed by atoms with Crippen molar-refractivity contribution in [2.24, 2.45) is 0 Å². The summed E-state index contributed by atoms with van der Waals surface area (Å²) < 4.78 is 13.0. The Morgan fingerprint density at radius 2 is 1.85 bits per heavy atom. The number of nitrogens with one attached hydrogen (secondary N) is 1. The van der Waals surface area contributed by atoms with E-state index in [2.05, 4.69) is 62.4 Å². The molecule has 0 unspecified atom stereocenters. The van der Waals surface area contributed by atoms with Gasteiger partial charge >= 0.3 is 0 Å². The summed E-state index contributed by atoms with van der Waals surface area (Å²) in [4.78, 5) is 21.4. The van der Waals surface area contributed by atoms with Crippen molar-refractivity contribution in [1.29, 1.82) is 0 Å². The molecule has 2 fully saturated rings. The molecule has 2 aliphatic rings. The Labute approximate surface area is 227 Å². The van der Waals surface area contributed by atoms with Gasteiger partial charge in [-0.25, -0.2) is 4.68 Å². The lowest BCUT2D eigenvalue weighted by molar-refractivity contribution is 0.0906. The van der Waals surface area contributed by atoms with E-state index in [1.54, 1.807) is 7.11 Å². The van der Waals surface area contributed by atoms with E-state index in [-0.39, 0.29) is 17.7 Å². The summed E-state index contributed by atoms with van der Waals surface area (Å²) in [7, 11) is 1.68. The van der Waals surface area contributed by atoms with Crippen LogP contribution in [0.25, 0.3) is 10.9 Å². The van der Waals surface area contributed by atoms with Crippen molar-refractivity contribution in [3.05, 3.63) is 75.3 Å². The van der Waals surface area contributed by atoms with Gasteiger partial charge in [0.25, 0.3) is 5.56 Å². The third-order valence-corrected chi connectivity index (χ3v) is 8.10. The monoisotopic (exact) mass is 529 g/mol. The number of nitrogens with zero attached hydrogens (tertiary/aromatic N) is 6. The summed E-state index contributed by atoms with van der Waals surface area (Å²) >= 11 is 0. The van der Waals surface area contributed by atoms with E-state index in [1.165, 1.54) is 5.56 Å².